The lowest BCUT2D eigenvalue weighted by molar-refractivity contribution is -0.146. The number of likely N-dealkylation sites (tertiary alicyclic amines) is 1. The number of halogens is 3. The smallest absolute Gasteiger partial charge is 0.336 e. The van der Waals surface area contributed by atoms with Gasteiger partial charge >= 0.3 is 12.2 Å². The second kappa shape index (κ2) is 10.1. The number of nitrogens with one attached hydrogen (secondary N) is 2. The third-order valence-electron chi connectivity index (χ3n) is 7.67. The lowest BCUT2D eigenvalue weighted by atomic mass is 9.85. The van der Waals surface area contributed by atoms with Crippen LogP contribution in [0, 0.1) is 28.1 Å². The van der Waals surface area contributed by atoms with Crippen molar-refractivity contribution >= 4 is 23.3 Å². The first-order valence-electron chi connectivity index (χ1n) is 13.2. The maximum Gasteiger partial charge on any atom is 0.405 e. The number of nitrogens with zero attached hydrogens (tertiary/aromatic N) is 8. The van der Waals surface area contributed by atoms with Gasteiger partial charge in [0.2, 0.25) is 5.91 Å². The molecule has 0 bridgehead atoms. The van der Waals surface area contributed by atoms with Gasteiger partial charge in [-0.1, -0.05) is 12.1 Å². The van der Waals surface area contributed by atoms with Crippen LogP contribution in [0.4, 0.5) is 23.7 Å². The van der Waals surface area contributed by atoms with Crippen molar-refractivity contribution in [2.75, 3.05) is 25.0 Å². The number of hydrogen-bond acceptors (Lipinski definition) is 7. The molecule has 2 N–H and O–H groups in total. The Morgan fingerprint density at radius 3 is 2.49 bits per heavy atom. The summed E-state index contributed by atoms with van der Waals surface area (Å²) in [7, 11) is 0. The molecule has 3 aromatic heterocycles. The van der Waals surface area contributed by atoms with Gasteiger partial charge in [0.25, 0.3) is 0 Å². The third kappa shape index (κ3) is 5.21. The van der Waals surface area contributed by atoms with Crippen LogP contribution in [-0.2, 0) is 10.3 Å². The lowest BCUT2D eigenvalue weighted by Gasteiger charge is -2.49. The van der Waals surface area contributed by atoms with Crippen molar-refractivity contribution in [1.29, 1.82) is 10.5 Å². The molecule has 0 atom stereocenters. The molecule has 15 heteroatoms. The number of carbonyl (C=O) groups excluding carboxylic acids is 2. The van der Waals surface area contributed by atoms with Crippen LogP contribution in [0.25, 0.3) is 28.0 Å². The van der Waals surface area contributed by atoms with E-state index in [0.29, 0.717) is 54.1 Å². The Balaban J connectivity index is 1.19. The van der Waals surface area contributed by atoms with E-state index in [1.54, 1.807) is 68.5 Å². The van der Waals surface area contributed by atoms with Crippen molar-refractivity contribution < 1.29 is 22.8 Å². The summed E-state index contributed by atoms with van der Waals surface area (Å²) in [5.41, 5.74) is 1.87. The molecule has 43 heavy (non-hydrogen) atoms. The number of anilines is 1. The number of amides is 3. The van der Waals surface area contributed by atoms with E-state index in [0.717, 1.165) is 5.56 Å². The molecule has 1 aliphatic heterocycles. The van der Waals surface area contributed by atoms with E-state index >= 15 is 0 Å². The number of benzene rings is 1. The van der Waals surface area contributed by atoms with E-state index < -0.39 is 29.7 Å². The first kappa shape index (κ1) is 27.7. The average Bonchev–Trinajstić information content (AvgIpc) is 3.40. The summed E-state index contributed by atoms with van der Waals surface area (Å²) in [5.74, 6) is -0.188. The standard InChI is InChI=1S/C28H23F3N10O2/c29-28(30,31)15-35-25(43)38-21-3-1-2-18(8-21)22-12-34-23-9-19(10-37-41(22)23)20-11-36-40(13-20)27(6-7-32)16-39(17-27)24(42)26(14-33)4-5-26/h1-3,8-13H,4-6,15-17H2,(H2,35,38,43). The van der Waals surface area contributed by atoms with Gasteiger partial charge < -0.3 is 15.5 Å². The molecular weight excluding hydrogens is 565 g/mol. The Bertz CT molecular complexity index is 1820. The Kier molecular flexibility index (Phi) is 6.53. The number of carbonyl (C=O) groups is 2. The first-order chi connectivity index (χ1) is 20.5. The molecule has 1 aromatic carbocycles. The van der Waals surface area contributed by atoms with Crippen LogP contribution in [0.1, 0.15) is 19.3 Å². The molecule has 0 unspecified atom stereocenters. The molecule has 12 nitrogen and oxygen atoms in total. The molecule has 3 amide bonds. The fraction of sp³-hybridized carbons (Fsp3) is 0.321. The van der Waals surface area contributed by atoms with E-state index in [1.807, 2.05) is 6.07 Å². The van der Waals surface area contributed by atoms with Gasteiger partial charge in [-0.05, 0) is 31.0 Å². The van der Waals surface area contributed by atoms with Crippen LogP contribution in [0.3, 0.4) is 0 Å². The summed E-state index contributed by atoms with van der Waals surface area (Å²) in [6, 6.07) is 11.7. The number of alkyl halides is 3. The minimum Gasteiger partial charge on any atom is -0.336 e. The monoisotopic (exact) mass is 588 g/mol. The molecule has 2 fully saturated rings. The molecule has 0 radical (unpaired) electrons. The van der Waals surface area contributed by atoms with Crippen LogP contribution < -0.4 is 10.6 Å². The maximum absolute atomic E-state index is 12.8. The zero-order valence-corrected chi connectivity index (χ0v) is 22.5. The Labute approximate surface area is 242 Å². The van der Waals surface area contributed by atoms with E-state index in [9.17, 15) is 33.3 Å². The zero-order valence-electron chi connectivity index (χ0n) is 22.5. The first-order valence-corrected chi connectivity index (χ1v) is 13.2. The van der Waals surface area contributed by atoms with Crippen LogP contribution in [0.15, 0.2) is 55.1 Å². The number of rotatable bonds is 7. The van der Waals surface area contributed by atoms with Gasteiger partial charge in [0.15, 0.2) is 5.65 Å². The normalized spacial score (nSPS) is 16.5. The van der Waals surface area contributed by atoms with Crippen LogP contribution in [0.2, 0.25) is 0 Å². The fourth-order valence-electron chi connectivity index (χ4n) is 5.17. The van der Waals surface area contributed by atoms with E-state index in [-0.39, 0.29) is 12.3 Å². The summed E-state index contributed by atoms with van der Waals surface area (Å²) in [5, 5.41) is 32.0. The van der Waals surface area contributed by atoms with Crippen molar-refractivity contribution in [3.8, 4) is 34.5 Å². The quantitative estimate of drug-likeness (QED) is 0.333. The number of nitriles is 2. The summed E-state index contributed by atoms with van der Waals surface area (Å²) in [4.78, 5) is 30.7. The van der Waals surface area contributed by atoms with E-state index in [2.05, 4.69) is 32.6 Å². The summed E-state index contributed by atoms with van der Waals surface area (Å²) in [6.07, 6.45) is 3.42. The second-order valence-electron chi connectivity index (χ2n) is 10.7. The highest BCUT2D eigenvalue weighted by molar-refractivity contribution is 5.90. The molecule has 1 saturated heterocycles. The molecule has 218 valence electrons. The number of imidazole rings is 1. The predicted molar refractivity (Wildman–Crippen MR) is 145 cm³/mol. The van der Waals surface area contributed by atoms with Gasteiger partial charge in [0.1, 0.15) is 17.5 Å². The molecular formula is C28H23F3N10O2. The molecule has 6 rings (SSSR count). The van der Waals surface area contributed by atoms with Gasteiger partial charge in [-0.25, -0.2) is 14.3 Å². The van der Waals surface area contributed by atoms with Gasteiger partial charge in [0, 0.05) is 41.7 Å². The average molecular weight is 589 g/mol. The van der Waals surface area contributed by atoms with Crippen molar-refractivity contribution in [2.45, 2.75) is 31.0 Å². The molecule has 2 aliphatic rings. The lowest BCUT2D eigenvalue weighted by Crippen LogP contribution is -2.65. The molecule has 1 saturated carbocycles. The minimum absolute atomic E-state index is 0.149. The molecule has 0 spiro atoms. The van der Waals surface area contributed by atoms with Crippen molar-refractivity contribution in [1.82, 2.24) is 34.6 Å². The van der Waals surface area contributed by atoms with Crippen molar-refractivity contribution in [2.24, 2.45) is 5.41 Å². The highest BCUT2D eigenvalue weighted by Gasteiger charge is 2.57. The minimum atomic E-state index is -4.52. The number of fused-ring (bicyclic) bond motifs is 1. The zero-order chi connectivity index (χ0) is 30.4. The number of hydrogen-bond donors (Lipinski definition) is 2. The van der Waals surface area contributed by atoms with Gasteiger partial charge in [-0.3, -0.25) is 9.48 Å². The summed E-state index contributed by atoms with van der Waals surface area (Å²) >= 11 is 0. The van der Waals surface area contributed by atoms with E-state index in [4.69, 9.17) is 0 Å². The molecule has 4 aromatic rings. The highest BCUT2D eigenvalue weighted by Crippen LogP contribution is 2.48. The Morgan fingerprint density at radius 2 is 1.79 bits per heavy atom. The predicted octanol–water partition coefficient (Wildman–Crippen LogP) is 3.70. The summed E-state index contributed by atoms with van der Waals surface area (Å²) < 4.78 is 40.4. The van der Waals surface area contributed by atoms with Crippen molar-refractivity contribution in [3.63, 3.8) is 0 Å². The van der Waals surface area contributed by atoms with Gasteiger partial charge in [-0.15, -0.1) is 0 Å². The number of aromatic nitrogens is 5. The second-order valence-corrected chi connectivity index (χ2v) is 10.7. The Morgan fingerprint density at radius 1 is 1.02 bits per heavy atom. The van der Waals surface area contributed by atoms with Crippen LogP contribution >= 0.6 is 0 Å². The Hall–Kier alpha value is -5.44. The number of urea groups is 1. The summed E-state index contributed by atoms with van der Waals surface area (Å²) in [6.45, 7) is -0.858. The highest BCUT2D eigenvalue weighted by atomic mass is 19.4. The van der Waals surface area contributed by atoms with Gasteiger partial charge in [0.05, 0.1) is 42.8 Å². The SMILES string of the molecule is N#CCC1(n2cc(-c3cnn4c(-c5cccc(NC(=O)NCC(F)(F)F)c5)cnc4c3)cn2)CN(C(=O)C2(C#N)CC2)C1. The molecule has 4 heterocycles. The van der Waals surface area contributed by atoms with Gasteiger partial charge in [-0.2, -0.15) is 33.9 Å². The maximum atomic E-state index is 12.8. The van der Waals surface area contributed by atoms with Crippen LogP contribution in [0.5, 0.6) is 0 Å². The van der Waals surface area contributed by atoms with Crippen molar-refractivity contribution in [3.05, 3.63) is 55.1 Å². The third-order valence-corrected chi connectivity index (χ3v) is 7.67. The topological polar surface area (TPSA) is 157 Å². The largest absolute Gasteiger partial charge is 0.405 e. The fourth-order valence-corrected chi connectivity index (χ4v) is 5.17. The van der Waals surface area contributed by atoms with E-state index in [1.165, 1.54) is 0 Å². The van der Waals surface area contributed by atoms with Crippen LogP contribution in [-0.4, -0.2) is 67.0 Å². The molecule has 1 aliphatic carbocycles.